The summed E-state index contributed by atoms with van der Waals surface area (Å²) >= 11 is 6.14. The number of aliphatic imine (C=N–C) groups is 1. The van der Waals surface area contributed by atoms with Crippen LogP contribution < -0.4 is 10.6 Å². The Morgan fingerprint density at radius 2 is 2.05 bits per heavy atom. The third-order valence-corrected chi connectivity index (χ3v) is 4.27. The molecule has 0 bridgehead atoms. The summed E-state index contributed by atoms with van der Waals surface area (Å²) in [5.41, 5.74) is 1.07. The molecule has 1 fully saturated rings. The van der Waals surface area contributed by atoms with Crippen molar-refractivity contribution in [2.75, 3.05) is 20.2 Å². The lowest BCUT2D eigenvalue weighted by atomic mass is 10.2. The number of nitrogens with one attached hydrogen (secondary N) is 2. The first-order valence-electron chi connectivity index (χ1n) is 8.09. The number of guanidine groups is 1. The number of hydrogen-bond acceptors (Lipinski definition) is 2. The molecule has 0 amide bonds. The van der Waals surface area contributed by atoms with Crippen LogP contribution in [0.4, 0.5) is 0 Å². The number of hydrogen-bond donors (Lipinski definition) is 2. The predicted octanol–water partition coefficient (Wildman–Crippen LogP) is 3.35. The van der Waals surface area contributed by atoms with Crippen LogP contribution >= 0.6 is 11.6 Å². The van der Waals surface area contributed by atoms with E-state index in [0.29, 0.717) is 12.6 Å². The summed E-state index contributed by atoms with van der Waals surface area (Å²) in [7, 11) is 1.77. The fourth-order valence-electron chi connectivity index (χ4n) is 2.63. The zero-order valence-corrected chi connectivity index (χ0v) is 14.0. The third kappa shape index (κ3) is 5.85. The molecule has 2 rings (SSSR count). The zero-order chi connectivity index (χ0) is 15.6. The van der Waals surface area contributed by atoms with Crippen LogP contribution in [0.5, 0.6) is 0 Å². The van der Waals surface area contributed by atoms with E-state index in [2.05, 4.69) is 15.6 Å². The van der Waals surface area contributed by atoms with Crippen molar-refractivity contribution in [1.82, 2.24) is 10.6 Å². The number of rotatable bonds is 7. The fraction of sp³-hybridized carbons (Fsp3) is 0.588. The van der Waals surface area contributed by atoms with E-state index in [-0.39, 0.29) is 0 Å². The van der Waals surface area contributed by atoms with E-state index >= 15 is 0 Å². The molecule has 0 aliphatic heterocycles. The van der Waals surface area contributed by atoms with Gasteiger partial charge in [-0.1, -0.05) is 42.6 Å². The number of halogens is 1. The second kappa shape index (κ2) is 9.70. The summed E-state index contributed by atoms with van der Waals surface area (Å²) in [5.74, 6) is 0.792. The Hall–Kier alpha value is -1.26. The molecule has 1 aliphatic rings. The van der Waals surface area contributed by atoms with Crippen molar-refractivity contribution < 1.29 is 4.74 Å². The van der Waals surface area contributed by atoms with Gasteiger partial charge in [-0.3, -0.25) is 4.99 Å². The fourth-order valence-corrected chi connectivity index (χ4v) is 2.83. The largest absolute Gasteiger partial charge is 0.378 e. The molecule has 0 heterocycles. The highest BCUT2D eigenvalue weighted by Crippen LogP contribution is 2.20. The van der Waals surface area contributed by atoms with Gasteiger partial charge in [-0.15, -0.1) is 0 Å². The molecule has 4 nitrogen and oxygen atoms in total. The van der Waals surface area contributed by atoms with Crippen LogP contribution in [0.15, 0.2) is 29.3 Å². The van der Waals surface area contributed by atoms with Gasteiger partial charge >= 0.3 is 0 Å². The topological polar surface area (TPSA) is 45.7 Å². The maximum absolute atomic E-state index is 6.14. The SMILES string of the molecule is CN=C(NCCCOC1CCCC1)NCc1ccccc1Cl. The Balaban J connectivity index is 1.60. The van der Waals surface area contributed by atoms with Gasteiger partial charge in [0.25, 0.3) is 0 Å². The molecular weight excluding hydrogens is 298 g/mol. The molecule has 0 atom stereocenters. The zero-order valence-electron chi connectivity index (χ0n) is 13.3. The van der Waals surface area contributed by atoms with E-state index in [4.69, 9.17) is 16.3 Å². The molecule has 0 saturated heterocycles. The maximum atomic E-state index is 6.14. The van der Waals surface area contributed by atoms with Gasteiger partial charge in [0.2, 0.25) is 0 Å². The van der Waals surface area contributed by atoms with E-state index in [1.54, 1.807) is 7.05 Å². The van der Waals surface area contributed by atoms with Gasteiger partial charge in [-0.25, -0.2) is 0 Å². The first-order chi connectivity index (χ1) is 10.8. The Kier molecular flexibility index (Phi) is 7.54. The quantitative estimate of drug-likeness (QED) is 0.459. The van der Waals surface area contributed by atoms with Crippen LogP contribution in [0.2, 0.25) is 5.02 Å². The standard InChI is InChI=1S/C17H26ClN3O/c1-19-17(21-13-14-7-2-5-10-16(14)18)20-11-6-12-22-15-8-3-4-9-15/h2,5,7,10,15H,3-4,6,8-9,11-13H2,1H3,(H2,19,20,21). The van der Waals surface area contributed by atoms with Crippen LogP contribution in [0.1, 0.15) is 37.7 Å². The van der Waals surface area contributed by atoms with Crippen molar-refractivity contribution >= 4 is 17.6 Å². The Labute approximate surface area is 138 Å². The molecule has 122 valence electrons. The summed E-state index contributed by atoms with van der Waals surface area (Å²) in [6.07, 6.45) is 6.59. The highest BCUT2D eigenvalue weighted by atomic mass is 35.5. The number of benzene rings is 1. The predicted molar refractivity (Wildman–Crippen MR) is 92.5 cm³/mol. The molecule has 2 N–H and O–H groups in total. The van der Waals surface area contributed by atoms with Crippen molar-refractivity contribution in [2.45, 2.75) is 44.8 Å². The smallest absolute Gasteiger partial charge is 0.191 e. The third-order valence-electron chi connectivity index (χ3n) is 3.90. The maximum Gasteiger partial charge on any atom is 0.191 e. The molecule has 0 aromatic heterocycles. The summed E-state index contributed by atoms with van der Waals surface area (Å²) in [5, 5.41) is 7.35. The van der Waals surface area contributed by atoms with Crippen molar-refractivity contribution in [3.8, 4) is 0 Å². The van der Waals surface area contributed by atoms with Crippen LogP contribution in [-0.2, 0) is 11.3 Å². The first-order valence-corrected chi connectivity index (χ1v) is 8.47. The van der Waals surface area contributed by atoms with Gasteiger partial charge in [-0.2, -0.15) is 0 Å². The Morgan fingerprint density at radius 3 is 2.77 bits per heavy atom. The molecule has 1 saturated carbocycles. The average molecular weight is 324 g/mol. The van der Waals surface area contributed by atoms with Gasteiger partial charge in [0.1, 0.15) is 0 Å². The van der Waals surface area contributed by atoms with E-state index in [1.807, 2.05) is 24.3 Å². The number of nitrogens with zero attached hydrogens (tertiary/aromatic N) is 1. The highest BCUT2D eigenvalue weighted by molar-refractivity contribution is 6.31. The lowest BCUT2D eigenvalue weighted by Gasteiger charge is -2.14. The van der Waals surface area contributed by atoms with Gasteiger partial charge in [-0.05, 0) is 30.9 Å². The van der Waals surface area contributed by atoms with Crippen molar-refractivity contribution in [3.63, 3.8) is 0 Å². The van der Waals surface area contributed by atoms with Crippen LogP contribution in [0, 0.1) is 0 Å². The first kappa shape index (κ1) is 17.1. The summed E-state index contributed by atoms with van der Waals surface area (Å²) in [6.45, 7) is 2.34. The Bertz CT molecular complexity index is 473. The molecular formula is C17H26ClN3O. The van der Waals surface area contributed by atoms with Gasteiger partial charge in [0.05, 0.1) is 6.10 Å². The minimum Gasteiger partial charge on any atom is -0.378 e. The lowest BCUT2D eigenvalue weighted by Crippen LogP contribution is -2.37. The van der Waals surface area contributed by atoms with Gasteiger partial charge in [0, 0.05) is 31.8 Å². The van der Waals surface area contributed by atoms with E-state index in [9.17, 15) is 0 Å². The summed E-state index contributed by atoms with van der Waals surface area (Å²) in [4.78, 5) is 4.22. The highest BCUT2D eigenvalue weighted by Gasteiger charge is 2.14. The van der Waals surface area contributed by atoms with Crippen molar-refractivity contribution in [2.24, 2.45) is 4.99 Å². The van der Waals surface area contributed by atoms with Crippen LogP contribution in [0.3, 0.4) is 0 Å². The van der Waals surface area contributed by atoms with E-state index < -0.39 is 0 Å². The lowest BCUT2D eigenvalue weighted by molar-refractivity contribution is 0.0574. The molecule has 0 unspecified atom stereocenters. The minimum absolute atomic E-state index is 0.498. The second-order valence-electron chi connectivity index (χ2n) is 5.57. The summed E-state index contributed by atoms with van der Waals surface area (Å²) < 4.78 is 5.85. The molecule has 1 aromatic carbocycles. The summed E-state index contributed by atoms with van der Waals surface area (Å²) in [6, 6.07) is 7.83. The average Bonchev–Trinajstić information content (AvgIpc) is 3.05. The Morgan fingerprint density at radius 1 is 1.27 bits per heavy atom. The minimum atomic E-state index is 0.498. The van der Waals surface area contributed by atoms with Gasteiger partial charge in [0.15, 0.2) is 5.96 Å². The molecule has 1 aliphatic carbocycles. The number of ether oxygens (including phenoxy) is 1. The molecule has 0 radical (unpaired) electrons. The monoisotopic (exact) mass is 323 g/mol. The van der Waals surface area contributed by atoms with Gasteiger partial charge < -0.3 is 15.4 Å². The second-order valence-corrected chi connectivity index (χ2v) is 5.98. The van der Waals surface area contributed by atoms with Crippen LogP contribution in [0.25, 0.3) is 0 Å². The normalized spacial score (nSPS) is 16.0. The molecule has 22 heavy (non-hydrogen) atoms. The van der Waals surface area contributed by atoms with Crippen molar-refractivity contribution in [3.05, 3.63) is 34.9 Å². The molecule has 0 spiro atoms. The molecule has 1 aromatic rings. The van der Waals surface area contributed by atoms with Crippen molar-refractivity contribution in [1.29, 1.82) is 0 Å². The van der Waals surface area contributed by atoms with Crippen LogP contribution in [-0.4, -0.2) is 32.3 Å². The molecule has 5 heteroatoms. The van der Waals surface area contributed by atoms with E-state index in [0.717, 1.165) is 36.1 Å². The van der Waals surface area contributed by atoms with E-state index in [1.165, 1.54) is 25.7 Å².